The van der Waals surface area contributed by atoms with Crippen molar-refractivity contribution in [3.05, 3.63) is 70.9 Å². The number of aromatic amines is 1. The fourth-order valence-electron chi connectivity index (χ4n) is 2.55. The van der Waals surface area contributed by atoms with Crippen LogP contribution in [0.3, 0.4) is 0 Å². The monoisotopic (exact) mass is 280 g/mol. The summed E-state index contributed by atoms with van der Waals surface area (Å²) in [5.74, 6) is 0.0537. The van der Waals surface area contributed by atoms with E-state index in [4.69, 9.17) is 16.9 Å². The smallest absolute Gasteiger partial charge is 0.0649 e. The van der Waals surface area contributed by atoms with Gasteiger partial charge in [-0.15, -0.1) is 0 Å². The number of halogens is 1. The van der Waals surface area contributed by atoms with Crippen LogP contribution in [0.4, 0.5) is 0 Å². The lowest BCUT2D eigenvalue weighted by Gasteiger charge is -2.15. The Morgan fingerprint density at radius 2 is 1.90 bits per heavy atom. The van der Waals surface area contributed by atoms with E-state index in [0.29, 0.717) is 11.4 Å². The Balaban J connectivity index is 2.12. The van der Waals surface area contributed by atoms with Crippen LogP contribution in [0.5, 0.6) is 0 Å². The Morgan fingerprint density at radius 1 is 1.10 bits per heavy atom. The molecule has 3 rings (SSSR count). The van der Waals surface area contributed by atoms with Crippen molar-refractivity contribution in [2.45, 2.75) is 12.3 Å². The molecule has 1 aromatic heterocycles. The molecule has 0 fully saturated rings. The van der Waals surface area contributed by atoms with Crippen molar-refractivity contribution in [1.82, 2.24) is 4.98 Å². The van der Waals surface area contributed by atoms with Crippen LogP contribution in [-0.2, 0) is 0 Å². The van der Waals surface area contributed by atoms with Gasteiger partial charge in [-0.25, -0.2) is 0 Å². The predicted octanol–water partition coefficient (Wildman–Crippen LogP) is 4.87. The van der Waals surface area contributed by atoms with Crippen LogP contribution in [0.1, 0.15) is 23.5 Å². The first-order valence-corrected chi connectivity index (χ1v) is 6.86. The van der Waals surface area contributed by atoms with E-state index in [1.54, 1.807) is 0 Å². The van der Waals surface area contributed by atoms with Gasteiger partial charge in [-0.05, 0) is 29.3 Å². The lowest BCUT2D eigenvalue weighted by atomic mass is 9.88. The summed E-state index contributed by atoms with van der Waals surface area (Å²) in [5.41, 5.74) is 3.16. The topological polar surface area (TPSA) is 39.6 Å². The van der Waals surface area contributed by atoms with Crippen LogP contribution in [0.25, 0.3) is 10.9 Å². The van der Waals surface area contributed by atoms with E-state index in [-0.39, 0.29) is 5.92 Å². The van der Waals surface area contributed by atoms with Crippen molar-refractivity contribution in [1.29, 1.82) is 5.26 Å². The first kappa shape index (κ1) is 12.8. The van der Waals surface area contributed by atoms with E-state index in [2.05, 4.69) is 29.3 Å². The van der Waals surface area contributed by atoms with Crippen molar-refractivity contribution >= 4 is 22.5 Å². The van der Waals surface area contributed by atoms with Crippen molar-refractivity contribution in [3.63, 3.8) is 0 Å². The average Bonchev–Trinajstić information content (AvgIpc) is 2.94. The summed E-state index contributed by atoms with van der Waals surface area (Å²) in [6, 6.07) is 18.4. The molecule has 0 aliphatic carbocycles. The number of aromatic nitrogens is 1. The van der Waals surface area contributed by atoms with Crippen molar-refractivity contribution in [2.24, 2.45) is 0 Å². The second kappa shape index (κ2) is 5.40. The molecule has 3 heteroatoms. The highest BCUT2D eigenvalue weighted by Gasteiger charge is 2.15. The van der Waals surface area contributed by atoms with Crippen LogP contribution in [0.15, 0.2) is 54.7 Å². The average molecular weight is 281 g/mol. The third-order valence-electron chi connectivity index (χ3n) is 3.53. The van der Waals surface area contributed by atoms with Crippen LogP contribution < -0.4 is 0 Å². The zero-order chi connectivity index (χ0) is 13.9. The first-order chi connectivity index (χ1) is 9.79. The van der Waals surface area contributed by atoms with Gasteiger partial charge in [0.05, 0.1) is 16.6 Å². The predicted molar refractivity (Wildman–Crippen MR) is 81.8 cm³/mol. The van der Waals surface area contributed by atoms with Crippen LogP contribution in [-0.4, -0.2) is 4.98 Å². The lowest BCUT2D eigenvalue weighted by Crippen LogP contribution is -2.00. The minimum atomic E-state index is 0.0537. The molecule has 20 heavy (non-hydrogen) atoms. The molecule has 0 saturated heterocycles. The molecule has 2 aromatic carbocycles. The fourth-order valence-corrected chi connectivity index (χ4v) is 2.84. The van der Waals surface area contributed by atoms with Gasteiger partial charge in [0, 0.05) is 23.9 Å². The Morgan fingerprint density at radius 3 is 2.65 bits per heavy atom. The van der Waals surface area contributed by atoms with Crippen LogP contribution in [0, 0.1) is 11.3 Å². The third kappa shape index (κ3) is 2.29. The Kier molecular flexibility index (Phi) is 3.45. The van der Waals surface area contributed by atoms with Crippen molar-refractivity contribution < 1.29 is 0 Å². The normalized spacial score (nSPS) is 12.2. The highest BCUT2D eigenvalue weighted by molar-refractivity contribution is 6.35. The van der Waals surface area contributed by atoms with Crippen LogP contribution in [0.2, 0.25) is 5.02 Å². The first-order valence-electron chi connectivity index (χ1n) is 6.48. The van der Waals surface area contributed by atoms with Gasteiger partial charge >= 0.3 is 0 Å². The highest BCUT2D eigenvalue weighted by Crippen LogP contribution is 2.33. The maximum Gasteiger partial charge on any atom is 0.0649 e. The van der Waals surface area contributed by atoms with Gasteiger partial charge in [0.25, 0.3) is 0 Å². The molecule has 0 saturated carbocycles. The quantitative estimate of drug-likeness (QED) is 0.730. The second-order valence-corrected chi connectivity index (χ2v) is 5.18. The molecular formula is C17H13ClN2. The number of H-pyrrole nitrogens is 1. The number of fused-ring (bicyclic) bond motifs is 1. The van der Waals surface area contributed by atoms with Gasteiger partial charge in [-0.2, -0.15) is 5.26 Å². The van der Waals surface area contributed by atoms with Crippen LogP contribution >= 0.6 is 11.6 Å². The maximum absolute atomic E-state index is 9.11. The van der Waals surface area contributed by atoms with Gasteiger partial charge in [-0.1, -0.05) is 41.9 Å². The minimum Gasteiger partial charge on any atom is -0.360 e. The maximum atomic E-state index is 9.11. The number of nitriles is 1. The van der Waals surface area contributed by atoms with Gasteiger partial charge in [0.1, 0.15) is 0 Å². The summed E-state index contributed by atoms with van der Waals surface area (Å²) in [7, 11) is 0. The van der Waals surface area contributed by atoms with Gasteiger partial charge in [-0.3, -0.25) is 0 Å². The summed E-state index contributed by atoms with van der Waals surface area (Å²) < 4.78 is 0. The van der Waals surface area contributed by atoms with Gasteiger partial charge in [0.2, 0.25) is 0 Å². The molecular weight excluding hydrogens is 268 g/mol. The molecule has 0 amide bonds. The number of hydrogen-bond donors (Lipinski definition) is 1. The zero-order valence-electron chi connectivity index (χ0n) is 10.8. The summed E-state index contributed by atoms with van der Waals surface area (Å²) in [6.45, 7) is 0. The molecule has 0 aliphatic heterocycles. The molecule has 1 heterocycles. The summed E-state index contributed by atoms with van der Waals surface area (Å²) >= 11 is 6.32. The molecule has 1 atom stereocenters. The number of benzene rings is 2. The van der Waals surface area contributed by atoms with Crippen molar-refractivity contribution in [2.75, 3.05) is 0 Å². The van der Waals surface area contributed by atoms with E-state index in [0.717, 1.165) is 22.0 Å². The molecule has 0 aliphatic rings. The van der Waals surface area contributed by atoms with E-state index in [1.165, 1.54) is 0 Å². The van der Waals surface area contributed by atoms with Gasteiger partial charge < -0.3 is 4.98 Å². The number of nitrogens with one attached hydrogen (secondary N) is 1. The second-order valence-electron chi connectivity index (χ2n) is 4.77. The lowest BCUT2D eigenvalue weighted by molar-refractivity contribution is 0.840. The van der Waals surface area contributed by atoms with E-state index in [9.17, 15) is 0 Å². The molecule has 0 radical (unpaired) electrons. The fraction of sp³-hybridized carbons (Fsp3) is 0.118. The largest absolute Gasteiger partial charge is 0.360 e. The highest BCUT2D eigenvalue weighted by atomic mass is 35.5. The van der Waals surface area contributed by atoms with E-state index < -0.39 is 0 Å². The number of nitrogens with zero attached hydrogens (tertiary/aromatic N) is 1. The zero-order valence-corrected chi connectivity index (χ0v) is 11.6. The Bertz CT molecular complexity index is 769. The molecule has 98 valence electrons. The SMILES string of the molecule is N#CCC(c1ccccc1)c1cc(Cl)c2[nH]ccc2c1. The van der Waals surface area contributed by atoms with E-state index >= 15 is 0 Å². The molecule has 0 spiro atoms. The number of rotatable bonds is 3. The molecule has 1 unspecified atom stereocenters. The molecule has 2 nitrogen and oxygen atoms in total. The summed E-state index contributed by atoms with van der Waals surface area (Å²) in [6.07, 6.45) is 2.32. The molecule has 1 N–H and O–H groups in total. The Labute approximate surface area is 122 Å². The van der Waals surface area contributed by atoms with Gasteiger partial charge in [0.15, 0.2) is 0 Å². The van der Waals surface area contributed by atoms with E-state index in [1.807, 2.05) is 36.5 Å². The summed E-state index contributed by atoms with van der Waals surface area (Å²) in [4.78, 5) is 3.13. The number of hydrogen-bond acceptors (Lipinski definition) is 1. The molecule has 0 bridgehead atoms. The van der Waals surface area contributed by atoms with Crippen molar-refractivity contribution in [3.8, 4) is 6.07 Å². The minimum absolute atomic E-state index is 0.0537. The third-order valence-corrected chi connectivity index (χ3v) is 3.83. The summed E-state index contributed by atoms with van der Waals surface area (Å²) in [5, 5.41) is 10.9. The Hall–Kier alpha value is -2.24. The standard InChI is InChI=1S/C17H13ClN2/c18-16-11-14(10-13-7-9-20-17(13)16)15(6-8-19)12-4-2-1-3-5-12/h1-5,7,9-11,15,20H,6H2. The molecule has 3 aromatic rings.